The Labute approximate surface area is 522 Å². The van der Waals surface area contributed by atoms with Crippen LogP contribution in [0.5, 0.6) is 0 Å². The van der Waals surface area contributed by atoms with Crippen LogP contribution in [-0.2, 0) is 44.9 Å². The zero-order valence-corrected chi connectivity index (χ0v) is 53.9. The van der Waals surface area contributed by atoms with Gasteiger partial charge in [0.15, 0.2) is 0 Å². The van der Waals surface area contributed by atoms with Crippen molar-refractivity contribution < 1.29 is 46.6 Å². The number of anilines is 3. The number of rotatable bonds is 11. The number of Topliss-reactive ketones (excluding diaryl/α,β-unsaturated/α-hetero) is 1. The highest BCUT2D eigenvalue weighted by molar-refractivity contribution is 5.95. The SMILES string of the molecule is CC(=O)N1CC2(CCN(C3CCC(C(C)C)CC3)CC2)c2cc(F)ccc21.CCOC(=O)C1CCC(N2CCC3(CC2)CN(C(C)=O)c2ccc(F)cc23)CC1.CCOC(=O)N1CCC(N2CCC3(CC2)CN(CCC(=O)CC)c2ccc(F)cc23)CC1. The van der Waals surface area contributed by atoms with Gasteiger partial charge in [-0.1, -0.05) is 20.8 Å². The molecule has 14 nitrogen and oxygen atoms in total. The lowest BCUT2D eigenvalue weighted by Gasteiger charge is -2.45. The minimum atomic E-state index is -0.228. The van der Waals surface area contributed by atoms with Crippen molar-refractivity contribution in [1.29, 1.82) is 0 Å². The number of hydrogen-bond donors (Lipinski definition) is 0. The molecule has 3 amide bonds. The maximum atomic E-state index is 14.2. The molecule has 3 aromatic carbocycles. The third-order valence-corrected chi connectivity index (χ3v) is 22.5. The first-order valence-electron chi connectivity index (χ1n) is 33.8. The first kappa shape index (κ1) is 65.4. The van der Waals surface area contributed by atoms with Gasteiger partial charge in [-0.2, -0.15) is 0 Å². The second-order valence-electron chi connectivity index (χ2n) is 27.7. The third-order valence-electron chi connectivity index (χ3n) is 22.5. The van der Waals surface area contributed by atoms with Crippen LogP contribution in [-0.4, -0.2) is 159 Å². The van der Waals surface area contributed by atoms with E-state index in [0.29, 0.717) is 51.2 Å². The Morgan fingerprint density at radius 2 is 0.909 bits per heavy atom. The number of fused-ring (bicyclic) bond motifs is 6. The first-order chi connectivity index (χ1) is 42.3. The average Bonchev–Trinajstić information content (AvgIpc) is 1.66. The standard InChI is InChI=1S/C25H36FN3O3.C23H31FN2O3.C23H33FN2O/c1-3-21(30)9-14-29-18-25(22-17-19(26)5-6-23(22)29)10-15-27(16-11-25)20-7-12-28(13-8-20)24(31)32-4-2;1-3-29-22(28)17-4-7-19(8-5-17)25-12-10-23(11-13-25)15-26(16(2)27)21-9-6-18(24)14-20(21)23;1-16(2)18-4-7-20(8-5-18)25-12-10-23(11-13-25)15-26(17(3)27)22-9-6-19(24)14-21(22)23/h5-6,17,20H,3-4,7-16,18H2,1-2H3;6,9,14,17,19H,3-5,7-8,10-13,15H2,1-2H3;6,9,14,16,18,20H,4-5,7-8,10-13,15H2,1-3H3. The second kappa shape index (κ2) is 28.3. The predicted octanol–water partition coefficient (Wildman–Crippen LogP) is 12.4. The van der Waals surface area contributed by atoms with Crippen LogP contribution in [0.4, 0.5) is 35.0 Å². The zero-order valence-electron chi connectivity index (χ0n) is 53.9. The van der Waals surface area contributed by atoms with Crippen molar-refractivity contribution in [2.24, 2.45) is 17.8 Å². The van der Waals surface area contributed by atoms with Crippen molar-refractivity contribution in [3.63, 3.8) is 0 Å². The molecule has 17 heteroatoms. The lowest BCUT2D eigenvalue weighted by molar-refractivity contribution is -0.149. The Morgan fingerprint density at radius 1 is 0.511 bits per heavy atom. The largest absolute Gasteiger partial charge is 0.466 e. The van der Waals surface area contributed by atoms with E-state index in [1.807, 2.05) is 41.5 Å². The van der Waals surface area contributed by atoms with Crippen LogP contribution >= 0.6 is 0 Å². The summed E-state index contributed by atoms with van der Waals surface area (Å²) < 4.78 is 52.5. The monoisotopic (exact) mass is 1220 g/mol. The predicted molar refractivity (Wildman–Crippen MR) is 339 cm³/mol. The van der Waals surface area contributed by atoms with Crippen LogP contribution in [0, 0.1) is 35.2 Å². The smallest absolute Gasteiger partial charge is 0.409 e. The van der Waals surface area contributed by atoms with Gasteiger partial charge in [0.1, 0.15) is 23.2 Å². The Balaban J connectivity index is 0.000000146. The maximum absolute atomic E-state index is 14.2. The molecule has 2 saturated carbocycles. The van der Waals surface area contributed by atoms with Crippen LogP contribution in [0.3, 0.4) is 0 Å². The molecule has 0 radical (unpaired) electrons. The topological polar surface area (TPSA) is 126 Å². The summed E-state index contributed by atoms with van der Waals surface area (Å²) in [4.78, 5) is 75.7. The first-order valence-corrected chi connectivity index (χ1v) is 33.8. The molecule has 0 atom stereocenters. The number of benzene rings is 3. The van der Waals surface area contributed by atoms with Crippen LogP contribution in [0.1, 0.15) is 181 Å². The molecule has 0 bridgehead atoms. The summed E-state index contributed by atoms with van der Waals surface area (Å²) in [7, 11) is 0. The summed E-state index contributed by atoms with van der Waals surface area (Å²) >= 11 is 0. The molecular weight excluding hydrogens is 1120 g/mol. The van der Waals surface area contributed by atoms with Crippen molar-refractivity contribution >= 4 is 46.7 Å². The van der Waals surface area contributed by atoms with E-state index in [9.17, 15) is 37.1 Å². The lowest BCUT2D eigenvalue weighted by Crippen LogP contribution is -2.52. The van der Waals surface area contributed by atoms with Gasteiger partial charge in [0.05, 0.1) is 19.1 Å². The Kier molecular flexibility index (Phi) is 21.1. The summed E-state index contributed by atoms with van der Waals surface area (Å²) in [6, 6.07) is 16.7. The number of halogens is 3. The van der Waals surface area contributed by atoms with Gasteiger partial charge in [0, 0.05) is 117 Å². The number of esters is 1. The van der Waals surface area contributed by atoms with Gasteiger partial charge in [-0.15, -0.1) is 0 Å². The highest BCUT2D eigenvalue weighted by Crippen LogP contribution is 2.51. The van der Waals surface area contributed by atoms with E-state index in [-0.39, 0.29) is 69.3 Å². The van der Waals surface area contributed by atoms with Crippen molar-refractivity contribution in [3.05, 3.63) is 88.7 Å². The van der Waals surface area contributed by atoms with Crippen LogP contribution in [0.15, 0.2) is 54.6 Å². The molecule has 0 N–H and O–H groups in total. The summed E-state index contributed by atoms with van der Waals surface area (Å²) in [6.45, 7) is 24.9. The number of piperidine rings is 4. The number of hydrogen-bond acceptors (Lipinski definition) is 11. The zero-order chi connectivity index (χ0) is 62.5. The third kappa shape index (κ3) is 14.2. The van der Waals surface area contributed by atoms with Gasteiger partial charge in [-0.25, -0.2) is 18.0 Å². The summed E-state index contributed by atoms with van der Waals surface area (Å²) in [5, 5.41) is 0. The molecule has 6 fully saturated rings. The van der Waals surface area contributed by atoms with Gasteiger partial charge in [-0.05, 0) is 239 Å². The number of amides is 3. The fourth-order valence-corrected chi connectivity index (χ4v) is 17.2. The quantitative estimate of drug-likeness (QED) is 0.170. The highest BCUT2D eigenvalue weighted by atomic mass is 19.1. The van der Waals surface area contributed by atoms with Crippen molar-refractivity contribution in [2.45, 2.75) is 198 Å². The minimum Gasteiger partial charge on any atom is -0.466 e. The fraction of sp³-hybridized carbons (Fsp3) is 0.676. The van der Waals surface area contributed by atoms with Crippen LogP contribution in [0.25, 0.3) is 0 Å². The van der Waals surface area contributed by atoms with Crippen molar-refractivity contribution in [1.82, 2.24) is 19.6 Å². The number of nitrogens with zero attached hydrogens (tertiary/aromatic N) is 7. The summed E-state index contributed by atoms with van der Waals surface area (Å²) in [5.41, 5.74) is 5.85. The highest BCUT2D eigenvalue weighted by Gasteiger charge is 2.50. The van der Waals surface area contributed by atoms with Gasteiger partial charge in [-0.3, -0.25) is 19.2 Å². The number of carbonyl (C=O) groups is 5. The molecule has 9 aliphatic rings. The van der Waals surface area contributed by atoms with Crippen molar-refractivity contribution in [3.8, 4) is 0 Å². The average molecular weight is 1220 g/mol. The molecule has 482 valence electrons. The second-order valence-corrected chi connectivity index (χ2v) is 27.7. The molecule has 0 aromatic heterocycles. The number of carbonyl (C=O) groups excluding carboxylic acids is 5. The van der Waals surface area contributed by atoms with Gasteiger partial charge >= 0.3 is 12.1 Å². The molecule has 7 aliphatic heterocycles. The van der Waals surface area contributed by atoms with E-state index in [2.05, 4.69) is 33.4 Å². The Hall–Kier alpha value is -5.52. The van der Waals surface area contributed by atoms with E-state index < -0.39 is 0 Å². The van der Waals surface area contributed by atoms with E-state index in [4.69, 9.17) is 9.47 Å². The molecule has 3 aromatic rings. The maximum Gasteiger partial charge on any atom is 0.409 e. The fourth-order valence-electron chi connectivity index (χ4n) is 17.2. The van der Waals surface area contributed by atoms with E-state index in [1.54, 1.807) is 50.2 Å². The summed E-state index contributed by atoms with van der Waals surface area (Å²) in [5.74, 6) is 1.48. The van der Waals surface area contributed by atoms with Gasteiger partial charge in [0.25, 0.3) is 0 Å². The molecule has 4 saturated heterocycles. The van der Waals surface area contributed by atoms with Crippen LogP contribution < -0.4 is 14.7 Å². The van der Waals surface area contributed by atoms with Gasteiger partial charge in [0.2, 0.25) is 11.8 Å². The van der Waals surface area contributed by atoms with Gasteiger partial charge < -0.3 is 43.8 Å². The Bertz CT molecular complexity index is 2930. The van der Waals surface area contributed by atoms with Crippen molar-refractivity contribution in [2.75, 3.05) is 106 Å². The molecule has 2 aliphatic carbocycles. The van der Waals surface area contributed by atoms with Crippen LogP contribution in [0.2, 0.25) is 0 Å². The lowest BCUT2D eigenvalue weighted by atomic mass is 9.73. The molecule has 88 heavy (non-hydrogen) atoms. The Morgan fingerprint density at radius 3 is 1.32 bits per heavy atom. The summed E-state index contributed by atoms with van der Waals surface area (Å²) in [6.07, 6.45) is 18.0. The van der Waals surface area contributed by atoms with E-state index in [1.165, 1.54) is 37.8 Å². The molecule has 0 unspecified atom stereocenters. The van der Waals surface area contributed by atoms with E-state index in [0.717, 1.165) is 194 Å². The molecule has 3 spiro atoms. The normalized spacial score (nSPS) is 24.9. The number of likely N-dealkylation sites (tertiary alicyclic amines) is 4. The van der Waals surface area contributed by atoms with E-state index >= 15 is 0 Å². The molecular formula is C71H100F3N7O7. The minimum absolute atomic E-state index is 0.0226. The number of ether oxygens (including phenoxy) is 2. The molecule has 7 heterocycles. The molecule has 12 rings (SSSR count). The number of ketones is 1.